The van der Waals surface area contributed by atoms with Crippen molar-refractivity contribution in [2.45, 2.75) is 35.4 Å². The quantitative estimate of drug-likeness (QED) is 0.556. The Labute approximate surface area is 145 Å². The molecule has 24 heavy (non-hydrogen) atoms. The molecule has 0 aliphatic carbocycles. The van der Waals surface area contributed by atoms with Gasteiger partial charge in [0.25, 0.3) is 0 Å². The summed E-state index contributed by atoms with van der Waals surface area (Å²) in [5, 5.41) is 24.7. The Hall–Kier alpha value is -2.33. The van der Waals surface area contributed by atoms with Crippen molar-refractivity contribution >= 4 is 28.1 Å². The van der Waals surface area contributed by atoms with Crippen LogP contribution in [0.1, 0.15) is 26.3 Å². The number of aromatic nitrogens is 5. The molecular formula is C14H14N6O2S2. The van der Waals surface area contributed by atoms with Crippen LogP contribution in [-0.2, 0) is 5.41 Å². The van der Waals surface area contributed by atoms with E-state index in [-0.39, 0.29) is 10.4 Å². The van der Waals surface area contributed by atoms with Crippen LogP contribution in [0.15, 0.2) is 33.6 Å². The van der Waals surface area contributed by atoms with Gasteiger partial charge in [-0.3, -0.25) is 10.1 Å². The van der Waals surface area contributed by atoms with Crippen molar-refractivity contribution in [3.8, 4) is 11.4 Å². The second-order valence-corrected chi connectivity index (χ2v) is 8.33. The van der Waals surface area contributed by atoms with Gasteiger partial charge in [0.1, 0.15) is 6.20 Å². The first-order valence-corrected chi connectivity index (χ1v) is 8.64. The summed E-state index contributed by atoms with van der Waals surface area (Å²) in [7, 11) is 0. The summed E-state index contributed by atoms with van der Waals surface area (Å²) in [6.45, 7) is 6.35. The summed E-state index contributed by atoms with van der Waals surface area (Å²) >= 11 is 2.47. The Balaban J connectivity index is 2.02. The summed E-state index contributed by atoms with van der Waals surface area (Å²) < 4.78 is 0.625. The van der Waals surface area contributed by atoms with Gasteiger partial charge >= 0.3 is 5.00 Å². The van der Waals surface area contributed by atoms with Crippen LogP contribution >= 0.6 is 23.1 Å². The molecule has 3 aromatic rings. The van der Waals surface area contributed by atoms with E-state index < -0.39 is 4.92 Å². The van der Waals surface area contributed by atoms with Gasteiger partial charge in [-0.25, -0.2) is 10.1 Å². The summed E-state index contributed by atoms with van der Waals surface area (Å²) in [4.78, 5) is 15.5. The van der Waals surface area contributed by atoms with Gasteiger partial charge in [-0.1, -0.05) is 44.7 Å². The zero-order chi connectivity index (χ0) is 17.3. The highest BCUT2D eigenvalue weighted by Crippen LogP contribution is 2.40. The van der Waals surface area contributed by atoms with Gasteiger partial charge in [0.05, 0.1) is 4.92 Å². The predicted octanol–water partition coefficient (Wildman–Crippen LogP) is 3.68. The fourth-order valence-electron chi connectivity index (χ4n) is 2.13. The van der Waals surface area contributed by atoms with Gasteiger partial charge in [0.2, 0.25) is 0 Å². The lowest BCUT2D eigenvalue weighted by atomic mass is 9.86. The number of tetrazole rings is 1. The molecule has 1 aromatic carbocycles. The van der Waals surface area contributed by atoms with E-state index in [1.54, 1.807) is 0 Å². The van der Waals surface area contributed by atoms with E-state index >= 15 is 0 Å². The average molecular weight is 362 g/mol. The Morgan fingerprint density at radius 3 is 2.71 bits per heavy atom. The molecule has 3 rings (SSSR count). The molecule has 8 nitrogen and oxygen atoms in total. The molecular weight excluding hydrogens is 348 g/mol. The molecule has 0 aliphatic heterocycles. The molecule has 1 N–H and O–H groups in total. The fraction of sp³-hybridized carbons (Fsp3) is 0.286. The van der Waals surface area contributed by atoms with Gasteiger partial charge in [-0.15, -0.1) is 5.10 Å². The first-order valence-electron chi connectivity index (χ1n) is 7.01. The van der Waals surface area contributed by atoms with Crippen LogP contribution < -0.4 is 0 Å². The Bertz CT molecular complexity index is 870. The van der Waals surface area contributed by atoms with Crippen molar-refractivity contribution in [1.82, 2.24) is 25.6 Å². The lowest BCUT2D eigenvalue weighted by molar-refractivity contribution is -0.380. The third kappa shape index (κ3) is 3.44. The maximum atomic E-state index is 10.8. The molecule has 2 heterocycles. The van der Waals surface area contributed by atoms with Crippen LogP contribution in [0.3, 0.4) is 0 Å². The molecule has 0 atom stereocenters. The van der Waals surface area contributed by atoms with E-state index in [0.717, 1.165) is 27.4 Å². The van der Waals surface area contributed by atoms with Gasteiger partial charge in [-0.2, -0.15) is 0 Å². The molecule has 0 bridgehead atoms. The Morgan fingerprint density at radius 1 is 1.33 bits per heavy atom. The monoisotopic (exact) mass is 362 g/mol. The first-order chi connectivity index (χ1) is 11.3. The molecule has 0 saturated heterocycles. The topological polar surface area (TPSA) is 110 Å². The number of nitro groups is 1. The molecule has 0 amide bonds. The van der Waals surface area contributed by atoms with Crippen LogP contribution in [0.25, 0.3) is 11.4 Å². The van der Waals surface area contributed by atoms with E-state index in [4.69, 9.17) is 0 Å². The largest absolute Gasteiger partial charge is 0.344 e. The molecule has 0 saturated carbocycles. The first kappa shape index (κ1) is 16.5. The summed E-state index contributed by atoms with van der Waals surface area (Å²) in [5.41, 5.74) is 1.90. The Morgan fingerprint density at radius 2 is 2.12 bits per heavy atom. The highest BCUT2D eigenvalue weighted by molar-refractivity contribution is 8.01. The lowest BCUT2D eigenvalue weighted by Gasteiger charge is -2.22. The van der Waals surface area contributed by atoms with Gasteiger partial charge in [0, 0.05) is 10.5 Å². The lowest BCUT2D eigenvalue weighted by Crippen LogP contribution is -2.12. The van der Waals surface area contributed by atoms with Crippen LogP contribution in [0.2, 0.25) is 0 Å². The van der Waals surface area contributed by atoms with Gasteiger partial charge in [-0.05, 0) is 38.8 Å². The number of thiazole rings is 1. The molecule has 0 unspecified atom stereocenters. The molecule has 124 valence electrons. The Kier molecular flexibility index (Phi) is 4.33. The molecule has 0 fully saturated rings. The van der Waals surface area contributed by atoms with Crippen LogP contribution in [0.5, 0.6) is 0 Å². The molecule has 2 aromatic heterocycles. The average Bonchev–Trinajstić information content (AvgIpc) is 3.17. The van der Waals surface area contributed by atoms with Crippen molar-refractivity contribution in [2.75, 3.05) is 0 Å². The maximum Gasteiger partial charge on any atom is 0.344 e. The number of hydrogen-bond acceptors (Lipinski definition) is 8. The number of nitrogens with one attached hydrogen (secondary N) is 1. The van der Waals surface area contributed by atoms with E-state index in [9.17, 15) is 10.1 Å². The van der Waals surface area contributed by atoms with Crippen molar-refractivity contribution in [1.29, 1.82) is 0 Å². The molecule has 0 spiro atoms. The van der Waals surface area contributed by atoms with Crippen LogP contribution in [0.4, 0.5) is 5.00 Å². The third-order valence-electron chi connectivity index (χ3n) is 3.26. The van der Waals surface area contributed by atoms with Gasteiger partial charge < -0.3 is 0 Å². The fourth-order valence-corrected chi connectivity index (χ4v) is 4.25. The van der Waals surface area contributed by atoms with Gasteiger partial charge in [0.15, 0.2) is 10.2 Å². The summed E-state index contributed by atoms with van der Waals surface area (Å²) in [6.07, 6.45) is 1.29. The van der Waals surface area contributed by atoms with Crippen molar-refractivity contribution in [3.63, 3.8) is 0 Å². The molecule has 0 aliphatic rings. The van der Waals surface area contributed by atoms with E-state index in [2.05, 4.69) is 46.4 Å². The van der Waals surface area contributed by atoms with Crippen molar-refractivity contribution in [3.05, 3.63) is 40.1 Å². The second-order valence-electron chi connectivity index (χ2n) is 6.03. The summed E-state index contributed by atoms with van der Waals surface area (Å²) in [5.74, 6) is 0.572. The maximum absolute atomic E-state index is 10.8. The third-order valence-corrected chi connectivity index (χ3v) is 5.34. The zero-order valence-electron chi connectivity index (χ0n) is 13.2. The van der Waals surface area contributed by atoms with Crippen molar-refractivity contribution in [2.24, 2.45) is 0 Å². The van der Waals surface area contributed by atoms with Crippen LogP contribution in [-0.4, -0.2) is 30.5 Å². The normalized spacial score (nSPS) is 11.6. The number of nitrogens with zero attached hydrogens (tertiary/aromatic N) is 5. The minimum Gasteiger partial charge on any atom is -0.257 e. The highest BCUT2D eigenvalue weighted by atomic mass is 32.2. The van der Waals surface area contributed by atoms with E-state index in [0.29, 0.717) is 10.2 Å². The van der Waals surface area contributed by atoms with Crippen molar-refractivity contribution < 1.29 is 4.92 Å². The number of H-pyrrole nitrogens is 1. The predicted molar refractivity (Wildman–Crippen MR) is 91.2 cm³/mol. The minimum absolute atomic E-state index is 0.0328. The summed E-state index contributed by atoms with van der Waals surface area (Å²) in [6, 6.07) is 5.96. The van der Waals surface area contributed by atoms with Crippen LogP contribution in [0, 0.1) is 10.1 Å². The number of rotatable bonds is 4. The molecule has 0 radical (unpaired) electrons. The SMILES string of the molecule is CC(C)(C)c1ccc(-c2nnn[nH]2)cc1Sc1ncc([N+](=O)[O-])s1. The number of hydrogen-bond donors (Lipinski definition) is 1. The second kappa shape index (κ2) is 6.29. The minimum atomic E-state index is -0.428. The van der Waals surface area contributed by atoms with E-state index in [1.807, 2.05) is 18.2 Å². The smallest absolute Gasteiger partial charge is 0.257 e. The highest BCUT2D eigenvalue weighted by Gasteiger charge is 2.21. The van der Waals surface area contributed by atoms with E-state index in [1.165, 1.54) is 18.0 Å². The standard InChI is InChI=1S/C14H14N6O2S2/c1-14(2,3)9-5-4-8(12-16-18-19-17-12)6-10(9)23-13-15-7-11(24-13)20(21)22/h4-7H,1-3H3,(H,16,17,18,19). The number of aromatic amines is 1. The molecule has 10 heteroatoms. The zero-order valence-corrected chi connectivity index (χ0v) is 14.8. The number of benzene rings is 1.